The Labute approximate surface area is 93.3 Å². The van der Waals surface area contributed by atoms with Crippen LogP contribution in [-0.2, 0) is 0 Å². The van der Waals surface area contributed by atoms with Gasteiger partial charge in [0.05, 0.1) is 0 Å². The van der Waals surface area contributed by atoms with E-state index in [0.29, 0.717) is 17.4 Å². The van der Waals surface area contributed by atoms with Gasteiger partial charge in [-0.2, -0.15) is 0 Å². The minimum atomic E-state index is 0.308. The highest BCUT2D eigenvalue weighted by Gasteiger charge is 2.40. The quantitative estimate of drug-likeness (QED) is 0.656. The summed E-state index contributed by atoms with van der Waals surface area (Å²) < 4.78 is 0. The van der Waals surface area contributed by atoms with Crippen molar-refractivity contribution in [2.45, 2.75) is 45.1 Å². The SMILES string of the molecule is CCCC1(CNCC2C=CC(N)C2)CC1. The fourth-order valence-electron chi connectivity index (χ4n) is 2.70. The highest BCUT2D eigenvalue weighted by molar-refractivity contribution is 5.05. The van der Waals surface area contributed by atoms with Gasteiger partial charge >= 0.3 is 0 Å². The van der Waals surface area contributed by atoms with Gasteiger partial charge < -0.3 is 11.1 Å². The van der Waals surface area contributed by atoms with E-state index in [2.05, 4.69) is 24.4 Å². The zero-order chi connectivity index (χ0) is 10.7. The predicted molar refractivity (Wildman–Crippen MR) is 64.7 cm³/mol. The molecule has 86 valence electrons. The molecule has 0 aromatic rings. The molecule has 3 N–H and O–H groups in total. The maximum atomic E-state index is 5.83. The van der Waals surface area contributed by atoms with E-state index in [1.165, 1.54) is 32.2 Å². The van der Waals surface area contributed by atoms with Crippen LogP contribution >= 0.6 is 0 Å². The molecular weight excluding hydrogens is 184 g/mol. The van der Waals surface area contributed by atoms with E-state index in [1.54, 1.807) is 0 Å². The average Bonchev–Trinajstić information content (AvgIpc) is 2.83. The van der Waals surface area contributed by atoms with Crippen LogP contribution in [0.2, 0.25) is 0 Å². The van der Waals surface area contributed by atoms with Crippen molar-refractivity contribution in [3.05, 3.63) is 12.2 Å². The van der Waals surface area contributed by atoms with Crippen molar-refractivity contribution in [1.29, 1.82) is 0 Å². The second-order valence-corrected chi connectivity index (χ2v) is 5.43. The standard InChI is InChI=1S/C13H24N2/c1-2-5-13(6-7-13)10-15-9-11-3-4-12(14)8-11/h3-4,11-12,15H,2,5-10,14H2,1H3. The highest BCUT2D eigenvalue weighted by atomic mass is 14.9. The Morgan fingerprint density at radius 3 is 2.73 bits per heavy atom. The van der Waals surface area contributed by atoms with Gasteiger partial charge in [0.1, 0.15) is 0 Å². The molecule has 0 amide bonds. The molecule has 0 aliphatic heterocycles. The zero-order valence-electron chi connectivity index (χ0n) is 9.84. The summed E-state index contributed by atoms with van der Waals surface area (Å²) in [6.45, 7) is 4.63. The topological polar surface area (TPSA) is 38.0 Å². The van der Waals surface area contributed by atoms with Crippen molar-refractivity contribution in [2.75, 3.05) is 13.1 Å². The zero-order valence-corrected chi connectivity index (χ0v) is 9.84. The lowest BCUT2D eigenvalue weighted by molar-refractivity contribution is 0.404. The van der Waals surface area contributed by atoms with Gasteiger partial charge in [0.2, 0.25) is 0 Å². The van der Waals surface area contributed by atoms with Crippen LogP contribution in [0.15, 0.2) is 12.2 Å². The molecule has 2 atom stereocenters. The van der Waals surface area contributed by atoms with Crippen LogP contribution in [0.25, 0.3) is 0 Å². The summed E-state index contributed by atoms with van der Waals surface area (Å²) in [7, 11) is 0. The van der Waals surface area contributed by atoms with Crippen LogP contribution < -0.4 is 11.1 Å². The van der Waals surface area contributed by atoms with E-state index in [0.717, 1.165) is 13.0 Å². The predicted octanol–water partition coefficient (Wildman–Crippen LogP) is 2.06. The van der Waals surface area contributed by atoms with E-state index in [-0.39, 0.29) is 0 Å². The summed E-state index contributed by atoms with van der Waals surface area (Å²) in [5, 5.41) is 3.63. The molecule has 0 heterocycles. The number of nitrogens with one attached hydrogen (secondary N) is 1. The maximum absolute atomic E-state index is 5.83. The molecule has 2 rings (SSSR count). The van der Waals surface area contributed by atoms with Crippen molar-refractivity contribution in [1.82, 2.24) is 5.32 Å². The Kier molecular flexibility index (Phi) is 3.47. The van der Waals surface area contributed by atoms with Gasteiger partial charge in [0, 0.05) is 19.1 Å². The normalized spacial score (nSPS) is 32.1. The summed E-state index contributed by atoms with van der Waals surface area (Å²) in [5.74, 6) is 0.678. The molecule has 0 saturated heterocycles. The molecular formula is C13H24N2. The second kappa shape index (κ2) is 4.67. The second-order valence-electron chi connectivity index (χ2n) is 5.43. The summed E-state index contributed by atoms with van der Waals surface area (Å²) in [6.07, 6.45) is 11.2. The molecule has 2 nitrogen and oxygen atoms in total. The largest absolute Gasteiger partial charge is 0.324 e. The third-order valence-electron chi connectivity index (χ3n) is 3.85. The lowest BCUT2D eigenvalue weighted by Gasteiger charge is -2.17. The van der Waals surface area contributed by atoms with Crippen LogP contribution in [0.3, 0.4) is 0 Å². The minimum Gasteiger partial charge on any atom is -0.324 e. The average molecular weight is 208 g/mol. The fraction of sp³-hybridized carbons (Fsp3) is 0.846. The van der Waals surface area contributed by atoms with E-state index in [9.17, 15) is 0 Å². The lowest BCUT2D eigenvalue weighted by Crippen LogP contribution is -2.29. The van der Waals surface area contributed by atoms with Crippen LogP contribution in [0.1, 0.15) is 39.0 Å². The number of hydrogen-bond donors (Lipinski definition) is 2. The van der Waals surface area contributed by atoms with Gasteiger partial charge in [-0.3, -0.25) is 0 Å². The Hall–Kier alpha value is -0.340. The lowest BCUT2D eigenvalue weighted by atomic mass is 10.0. The van der Waals surface area contributed by atoms with Gasteiger partial charge in [-0.1, -0.05) is 25.5 Å². The van der Waals surface area contributed by atoms with E-state index in [1.807, 2.05) is 0 Å². The number of hydrogen-bond acceptors (Lipinski definition) is 2. The first-order chi connectivity index (χ1) is 7.24. The minimum absolute atomic E-state index is 0.308. The van der Waals surface area contributed by atoms with Crippen LogP contribution in [-0.4, -0.2) is 19.1 Å². The first-order valence-corrected chi connectivity index (χ1v) is 6.39. The molecule has 1 fully saturated rings. The first-order valence-electron chi connectivity index (χ1n) is 6.39. The summed E-state index contributed by atoms with van der Waals surface area (Å²) in [5.41, 5.74) is 6.51. The Morgan fingerprint density at radius 2 is 2.20 bits per heavy atom. The highest BCUT2D eigenvalue weighted by Crippen LogP contribution is 2.48. The molecule has 0 bridgehead atoms. The molecule has 2 heteroatoms. The van der Waals surface area contributed by atoms with E-state index >= 15 is 0 Å². The molecule has 2 unspecified atom stereocenters. The molecule has 0 aromatic carbocycles. The molecule has 1 saturated carbocycles. The summed E-state index contributed by atoms with van der Waals surface area (Å²) in [6, 6.07) is 0.308. The van der Waals surface area contributed by atoms with Crippen molar-refractivity contribution >= 4 is 0 Å². The van der Waals surface area contributed by atoms with Crippen LogP contribution in [0.5, 0.6) is 0 Å². The third kappa shape index (κ3) is 3.05. The van der Waals surface area contributed by atoms with E-state index in [4.69, 9.17) is 5.73 Å². The van der Waals surface area contributed by atoms with Gasteiger partial charge in [-0.15, -0.1) is 0 Å². The third-order valence-corrected chi connectivity index (χ3v) is 3.85. The summed E-state index contributed by atoms with van der Waals surface area (Å²) >= 11 is 0. The van der Waals surface area contributed by atoms with E-state index < -0.39 is 0 Å². The van der Waals surface area contributed by atoms with Crippen molar-refractivity contribution in [3.8, 4) is 0 Å². The summed E-state index contributed by atoms with van der Waals surface area (Å²) in [4.78, 5) is 0. The molecule has 2 aliphatic rings. The Morgan fingerprint density at radius 1 is 1.40 bits per heavy atom. The van der Waals surface area contributed by atoms with Crippen LogP contribution in [0, 0.1) is 11.3 Å². The Balaban J connectivity index is 1.61. The van der Waals surface area contributed by atoms with Gasteiger partial charge in [-0.25, -0.2) is 0 Å². The van der Waals surface area contributed by atoms with Crippen molar-refractivity contribution < 1.29 is 0 Å². The maximum Gasteiger partial charge on any atom is 0.0229 e. The number of rotatable bonds is 6. The van der Waals surface area contributed by atoms with Crippen LogP contribution in [0.4, 0.5) is 0 Å². The van der Waals surface area contributed by atoms with Gasteiger partial charge in [0.25, 0.3) is 0 Å². The molecule has 2 aliphatic carbocycles. The monoisotopic (exact) mass is 208 g/mol. The molecule has 0 radical (unpaired) electrons. The fourth-order valence-corrected chi connectivity index (χ4v) is 2.70. The van der Waals surface area contributed by atoms with Crippen molar-refractivity contribution in [3.63, 3.8) is 0 Å². The Bertz CT molecular complexity index is 231. The first kappa shape index (κ1) is 11.2. The van der Waals surface area contributed by atoms with Crippen molar-refractivity contribution in [2.24, 2.45) is 17.1 Å². The molecule has 0 aromatic heterocycles. The van der Waals surface area contributed by atoms with Gasteiger partial charge in [0.15, 0.2) is 0 Å². The molecule has 0 spiro atoms. The smallest absolute Gasteiger partial charge is 0.0229 e. The van der Waals surface area contributed by atoms with Gasteiger partial charge in [-0.05, 0) is 37.0 Å². The molecule has 15 heavy (non-hydrogen) atoms. The number of nitrogens with two attached hydrogens (primary N) is 1.